The Morgan fingerprint density at radius 2 is 2.05 bits per heavy atom. The number of halogens is 4. The lowest BCUT2D eigenvalue weighted by Gasteiger charge is -2.09. The van der Waals surface area contributed by atoms with E-state index in [4.69, 9.17) is 14.9 Å². The third-order valence-electron chi connectivity index (χ3n) is 2.19. The predicted octanol–water partition coefficient (Wildman–Crippen LogP) is 3.08. The number of oxazole rings is 1. The summed E-state index contributed by atoms with van der Waals surface area (Å²) in [5.41, 5.74) is 4.24. The molecular weight excluding hydrogens is 268 g/mol. The molecule has 1 aromatic carbocycles. The minimum Gasteiger partial charge on any atom is -0.417 e. The molecule has 19 heavy (non-hydrogen) atoms. The van der Waals surface area contributed by atoms with E-state index in [-0.39, 0.29) is 18.4 Å². The van der Waals surface area contributed by atoms with Crippen molar-refractivity contribution >= 4 is 0 Å². The van der Waals surface area contributed by atoms with Crippen molar-refractivity contribution < 1.29 is 26.7 Å². The molecule has 2 N–H and O–H groups in total. The maximum atomic E-state index is 13.0. The molecule has 0 spiro atoms. The van der Waals surface area contributed by atoms with Gasteiger partial charge in [0.25, 0.3) is 0 Å². The van der Waals surface area contributed by atoms with Gasteiger partial charge in [-0.15, -0.1) is 0 Å². The molecule has 0 atom stereocenters. The fourth-order valence-electron chi connectivity index (χ4n) is 1.31. The van der Waals surface area contributed by atoms with Gasteiger partial charge in [-0.2, -0.15) is 18.2 Å². The van der Waals surface area contributed by atoms with Gasteiger partial charge in [-0.1, -0.05) is 0 Å². The van der Waals surface area contributed by atoms with Crippen LogP contribution in [0.4, 0.5) is 17.6 Å². The van der Waals surface area contributed by atoms with Crippen molar-refractivity contribution in [2.75, 3.05) is 0 Å². The summed E-state index contributed by atoms with van der Waals surface area (Å²) in [6, 6.07) is 2.23. The first-order chi connectivity index (χ1) is 8.90. The highest BCUT2D eigenvalue weighted by atomic mass is 19.4. The van der Waals surface area contributed by atoms with Gasteiger partial charge in [0.1, 0.15) is 17.8 Å². The summed E-state index contributed by atoms with van der Waals surface area (Å²) in [7, 11) is 0. The fourth-order valence-corrected chi connectivity index (χ4v) is 1.31. The molecule has 0 aliphatic heterocycles. The van der Waals surface area contributed by atoms with E-state index in [1.54, 1.807) is 0 Å². The van der Waals surface area contributed by atoms with Gasteiger partial charge in [0.2, 0.25) is 0 Å². The summed E-state index contributed by atoms with van der Waals surface area (Å²) in [4.78, 5) is 3.75. The summed E-state index contributed by atoms with van der Waals surface area (Å²) < 4.78 is 60.2. The largest absolute Gasteiger partial charge is 0.419 e. The molecule has 4 nitrogen and oxygen atoms in total. The Morgan fingerprint density at radius 3 is 2.63 bits per heavy atom. The van der Waals surface area contributed by atoms with Crippen molar-refractivity contribution in [1.82, 2.24) is 4.98 Å². The quantitative estimate of drug-likeness (QED) is 0.875. The first-order valence-electron chi connectivity index (χ1n) is 5.09. The van der Waals surface area contributed by atoms with Crippen LogP contribution in [-0.4, -0.2) is 4.98 Å². The van der Waals surface area contributed by atoms with Gasteiger partial charge in [-0.25, -0.2) is 4.39 Å². The number of aromatic nitrogens is 1. The minimum absolute atomic E-state index is 0.101. The number of nitrogens with zero attached hydrogens (tertiary/aromatic N) is 1. The van der Waals surface area contributed by atoms with Crippen LogP contribution >= 0.6 is 0 Å². The first-order valence-corrected chi connectivity index (χ1v) is 5.09. The molecule has 0 amide bonds. The summed E-state index contributed by atoms with van der Waals surface area (Å²) in [5.74, 6) is -1.62. The third-order valence-corrected chi connectivity index (χ3v) is 2.19. The molecule has 0 bridgehead atoms. The second-order valence-corrected chi connectivity index (χ2v) is 3.55. The van der Waals surface area contributed by atoms with Crippen molar-refractivity contribution in [1.29, 1.82) is 0 Å². The zero-order chi connectivity index (χ0) is 14.0. The highest BCUT2D eigenvalue weighted by molar-refractivity contribution is 5.33. The number of alkyl halides is 3. The van der Waals surface area contributed by atoms with E-state index in [1.807, 2.05) is 0 Å². The van der Waals surface area contributed by atoms with Crippen LogP contribution in [0.5, 0.6) is 11.8 Å². The van der Waals surface area contributed by atoms with Crippen LogP contribution in [0.3, 0.4) is 0 Å². The van der Waals surface area contributed by atoms with Crippen molar-refractivity contribution in [2.24, 2.45) is 5.73 Å². The van der Waals surface area contributed by atoms with Crippen LogP contribution in [0, 0.1) is 5.82 Å². The second-order valence-electron chi connectivity index (χ2n) is 3.55. The van der Waals surface area contributed by atoms with Gasteiger partial charge in [-0.05, 0) is 18.2 Å². The van der Waals surface area contributed by atoms with E-state index < -0.39 is 17.6 Å². The normalized spacial score (nSPS) is 11.6. The Balaban J connectivity index is 2.26. The van der Waals surface area contributed by atoms with E-state index in [9.17, 15) is 17.6 Å². The van der Waals surface area contributed by atoms with Gasteiger partial charge < -0.3 is 14.9 Å². The monoisotopic (exact) mass is 276 g/mol. The number of rotatable bonds is 3. The number of nitrogens with two attached hydrogens (primary N) is 1. The summed E-state index contributed by atoms with van der Waals surface area (Å²) in [5, 5.41) is 0. The molecule has 0 saturated heterocycles. The van der Waals surface area contributed by atoms with Gasteiger partial charge >= 0.3 is 12.3 Å². The lowest BCUT2D eigenvalue weighted by molar-refractivity contribution is -0.140. The molecule has 2 aromatic rings. The molecule has 8 heteroatoms. The molecule has 102 valence electrons. The van der Waals surface area contributed by atoms with Gasteiger partial charge in [0.05, 0.1) is 11.3 Å². The van der Waals surface area contributed by atoms with E-state index >= 15 is 0 Å². The van der Waals surface area contributed by atoms with Crippen molar-refractivity contribution in [3.8, 4) is 11.8 Å². The summed E-state index contributed by atoms with van der Waals surface area (Å²) >= 11 is 0. The van der Waals surface area contributed by atoms with Crippen LogP contribution in [0.25, 0.3) is 0 Å². The zero-order valence-electron chi connectivity index (χ0n) is 9.37. The molecule has 0 fully saturated rings. The second kappa shape index (κ2) is 4.88. The Morgan fingerprint density at radius 1 is 1.32 bits per heavy atom. The van der Waals surface area contributed by atoms with Gasteiger partial charge in [0.15, 0.2) is 0 Å². The van der Waals surface area contributed by atoms with E-state index in [2.05, 4.69) is 4.98 Å². The predicted molar refractivity (Wildman–Crippen MR) is 55.9 cm³/mol. The smallest absolute Gasteiger partial charge is 0.417 e. The Kier molecular flexibility index (Phi) is 3.43. The summed E-state index contributed by atoms with van der Waals surface area (Å²) in [6.07, 6.45) is -3.85. The van der Waals surface area contributed by atoms with Gasteiger partial charge in [0, 0.05) is 6.54 Å². The highest BCUT2D eigenvalue weighted by Gasteiger charge is 2.34. The number of ether oxygens (including phenoxy) is 1. The van der Waals surface area contributed by atoms with Crippen molar-refractivity contribution in [3.63, 3.8) is 0 Å². The Bertz CT molecular complexity index is 580. The standard InChI is InChI=1S/C11H8F4N2O2/c12-9-2-1-7(3-8(9)11(13,14)15)19-10-17-6(4-16)5-18-10/h1-3,5H,4,16H2. The molecule has 1 aromatic heterocycles. The van der Waals surface area contributed by atoms with Gasteiger partial charge in [-0.3, -0.25) is 0 Å². The highest BCUT2D eigenvalue weighted by Crippen LogP contribution is 2.34. The average molecular weight is 276 g/mol. The topological polar surface area (TPSA) is 61.3 Å². The number of hydrogen-bond acceptors (Lipinski definition) is 4. The van der Waals surface area contributed by atoms with Crippen LogP contribution in [0.2, 0.25) is 0 Å². The summed E-state index contributed by atoms with van der Waals surface area (Å²) in [6.45, 7) is 0.101. The molecule has 0 aliphatic rings. The molecule has 0 aliphatic carbocycles. The minimum atomic E-state index is -4.80. The number of hydrogen-bond donors (Lipinski definition) is 1. The van der Waals surface area contributed by atoms with Crippen LogP contribution in [0.15, 0.2) is 28.9 Å². The van der Waals surface area contributed by atoms with Crippen molar-refractivity contribution in [2.45, 2.75) is 12.7 Å². The lowest BCUT2D eigenvalue weighted by Crippen LogP contribution is -2.08. The van der Waals surface area contributed by atoms with Crippen LogP contribution in [-0.2, 0) is 12.7 Å². The average Bonchev–Trinajstić information content (AvgIpc) is 2.78. The maximum Gasteiger partial charge on any atom is 0.419 e. The molecule has 0 unspecified atom stereocenters. The number of benzene rings is 1. The molecule has 0 radical (unpaired) electrons. The fraction of sp³-hybridized carbons (Fsp3) is 0.182. The molecule has 2 rings (SSSR count). The first kappa shape index (κ1) is 13.3. The maximum absolute atomic E-state index is 13.0. The zero-order valence-corrected chi connectivity index (χ0v) is 9.37. The van der Waals surface area contributed by atoms with E-state index in [1.165, 1.54) is 6.26 Å². The Hall–Kier alpha value is -2.09. The van der Waals surface area contributed by atoms with Crippen LogP contribution in [0.1, 0.15) is 11.3 Å². The van der Waals surface area contributed by atoms with E-state index in [0.717, 1.165) is 6.07 Å². The van der Waals surface area contributed by atoms with E-state index in [0.29, 0.717) is 17.8 Å². The molecular formula is C11H8F4N2O2. The third kappa shape index (κ3) is 3.02. The van der Waals surface area contributed by atoms with Crippen LogP contribution < -0.4 is 10.5 Å². The molecule has 0 saturated carbocycles. The van der Waals surface area contributed by atoms with Crippen molar-refractivity contribution in [3.05, 3.63) is 41.5 Å². The lowest BCUT2D eigenvalue weighted by atomic mass is 10.2. The Labute approximate surface area is 104 Å². The SMILES string of the molecule is NCc1coc(Oc2ccc(F)c(C(F)(F)F)c2)n1. The molecule has 1 heterocycles.